The zero-order chi connectivity index (χ0) is 13.7. The van der Waals surface area contributed by atoms with Gasteiger partial charge in [0, 0.05) is 18.1 Å². The van der Waals surface area contributed by atoms with Gasteiger partial charge in [-0.25, -0.2) is 4.99 Å². The highest BCUT2D eigenvalue weighted by molar-refractivity contribution is 6.30. The molecule has 4 N–H and O–H groups in total. The molecule has 0 unspecified atom stereocenters. The van der Waals surface area contributed by atoms with Crippen LogP contribution in [-0.4, -0.2) is 29.9 Å². The molecule has 0 radical (unpaired) electrons. The summed E-state index contributed by atoms with van der Waals surface area (Å²) in [6, 6.07) is 7.07. The average molecular weight is 353 g/mol. The number of aliphatic imine (C=N–C) groups is 2. The summed E-state index contributed by atoms with van der Waals surface area (Å²) in [7, 11) is 0. The highest BCUT2D eigenvalue weighted by atomic mass is 35.5. The number of halogens is 3. The van der Waals surface area contributed by atoms with Crippen LogP contribution in [0.15, 0.2) is 34.3 Å². The number of hydrogen-bond donors (Lipinski definition) is 2. The number of benzene rings is 1. The minimum absolute atomic E-state index is 0. The van der Waals surface area contributed by atoms with Crippen LogP contribution in [0.25, 0.3) is 0 Å². The van der Waals surface area contributed by atoms with Crippen molar-refractivity contribution in [2.24, 2.45) is 21.5 Å². The summed E-state index contributed by atoms with van der Waals surface area (Å²) < 4.78 is 0. The summed E-state index contributed by atoms with van der Waals surface area (Å²) in [6.07, 6.45) is 3.53. The average Bonchev–Trinajstić information content (AvgIpc) is 2.42. The van der Waals surface area contributed by atoms with Crippen LogP contribution in [0, 0.1) is 0 Å². The first-order chi connectivity index (χ1) is 9.15. The molecule has 0 atom stereocenters. The van der Waals surface area contributed by atoms with Crippen molar-refractivity contribution < 1.29 is 0 Å². The van der Waals surface area contributed by atoms with Crippen LogP contribution in [-0.2, 0) is 0 Å². The van der Waals surface area contributed by atoms with Gasteiger partial charge in [0.15, 0.2) is 5.96 Å². The molecule has 1 saturated heterocycles. The molecule has 2 rings (SSSR count). The molecule has 1 aromatic rings. The largest absolute Gasteiger partial charge is 0.369 e. The van der Waals surface area contributed by atoms with Crippen LogP contribution in [0.1, 0.15) is 19.3 Å². The standard InChI is InChI=1S/C13H18ClN5.2ClH/c14-10-4-6-11(7-5-10)17-12(15)18-13(16)19-8-2-1-3-9-19;;/h4-7H,1-3,8-9H2,(H4,15,16,17,18);2*1H. The van der Waals surface area contributed by atoms with Crippen molar-refractivity contribution in [1.82, 2.24) is 4.90 Å². The van der Waals surface area contributed by atoms with E-state index in [1.54, 1.807) is 24.3 Å². The Balaban J connectivity index is 0.00000200. The number of nitrogens with two attached hydrogens (primary N) is 2. The molecule has 1 aromatic carbocycles. The molecular formula is C13H20Cl3N5. The summed E-state index contributed by atoms with van der Waals surface area (Å²) in [4.78, 5) is 10.3. The second kappa shape index (κ2) is 9.71. The molecule has 1 aliphatic rings. The third kappa shape index (κ3) is 6.42. The molecular weight excluding hydrogens is 333 g/mol. The number of piperidine rings is 1. The molecule has 8 heteroatoms. The highest BCUT2D eigenvalue weighted by Crippen LogP contribution is 2.16. The van der Waals surface area contributed by atoms with E-state index < -0.39 is 0 Å². The van der Waals surface area contributed by atoms with E-state index in [0.717, 1.165) is 25.9 Å². The van der Waals surface area contributed by atoms with Crippen LogP contribution < -0.4 is 11.5 Å². The fourth-order valence-electron chi connectivity index (χ4n) is 1.98. The number of guanidine groups is 2. The van der Waals surface area contributed by atoms with Gasteiger partial charge in [0.25, 0.3) is 0 Å². The van der Waals surface area contributed by atoms with Crippen LogP contribution in [0.3, 0.4) is 0 Å². The molecule has 1 heterocycles. The molecule has 1 aliphatic heterocycles. The maximum absolute atomic E-state index is 5.92. The number of likely N-dealkylation sites (tertiary alicyclic amines) is 1. The van der Waals surface area contributed by atoms with Gasteiger partial charge in [-0.3, -0.25) is 0 Å². The Morgan fingerprint density at radius 2 is 1.57 bits per heavy atom. The van der Waals surface area contributed by atoms with Gasteiger partial charge in [-0.05, 0) is 43.5 Å². The van der Waals surface area contributed by atoms with Crippen molar-refractivity contribution in [1.29, 1.82) is 0 Å². The number of rotatable bonds is 1. The lowest BCUT2D eigenvalue weighted by molar-refractivity contribution is 0.339. The summed E-state index contributed by atoms with van der Waals surface area (Å²) >= 11 is 5.80. The first-order valence-corrected chi connectivity index (χ1v) is 6.72. The second-order valence-electron chi connectivity index (χ2n) is 4.46. The van der Waals surface area contributed by atoms with Gasteiger partial charge >= 0.3 is 0 Å². The summed E-state index contributed by atoms with van der Waals surface area (Å²) in [6.45, 7) is 1.87. The quantitative estimate of drug-likeness (QED) is 0.602. The van der Waals surface area contributed by atoms with Gasteiger partial charge in [0.1, 0.15) is 0 Å². The van der Waals surface area contributed by atoms with Crippen LogP contribution >= 0.6 is 36.4 Å². The molecule has 0 amide bonds. The molecule has 21 heavy (non-hydrogen) atoms. The number of nitrogens with zero attached hydrogens (tertiary/aromatic N) is 3. The first kappa shape index (κ1) is 19.8. The van der Waals surface area contributed by atoms with E-state index in [0.29, 0.717) is 16.7 Å². The Kier molecular flexibility index (Phi) is 9.17. The topological polar surface area (TPSA) is 80.0 Å². The Hall–Kier alpha value is -1.17. The van der Waals surface area contributed by atoms with Gasteiger partial charge in [-0.1, -0.05) is 11.6 Å². The van der Waals surface area contributed by atoms with E-state index in [1.165, 1.54) is 6.42 Å². The fourth-order valence-corrected chi connectivity index (χ4v) is 2.11. The summed E-state index contributed by atoms with van der Waals surface area (Å²) in [5.41, 5.74) is 12.4. The minimum atomic E-state index is 0. The molecule has 0 aliphatic carbocycles. The van der Waals surface area contributed by atoms with Gasteiger partial charge in [0.2, 0.25) is 5.96 Å². The zero-order valence-electron chi connectivity index (χ0n) is 11.5. The Morgan fingerprint density at radius 1 is 1.00 bits per heavy atom. The maximum Gasteiger partial charge on any atom is 0.223 e. The van der Waals surface area contributed by atoms with Crippen LogP contribution in [0.4, 0.5) is 5.69 Å². The summed E-state index contributed by atoms with van der Waals surface area (Å²) in [5.74, 6) is 0.598. The normalized spacial score (nSPS) is 16.0. The van der Waals surface area contributed by atoms with Crippen LogP contribution in [0.5, 0.6) is 0 Å². The van der Waals surface area contributed by atoms with Gasteiger partial charge in [0.05, 0.1) is 5.69 Å². The lowest BCUT2D eigenvalue weighted by Crippen LogP contribution is -2.41. The molecule has 1 fully saturated rings. The van der Waals surface area contributed by atoms with Gasteiger partial charge < -0.3 is 16.4 Å². The molecule has 0 saturated carbocycles. The highest BCUT2D eigenvalue weighted by Gasteiger charge is 2.12. The Morgan fingerprint density at radius 3 is 2.14 bits per heavy atom. The Bertz CT molecular complexity index is 481. The van der Waals surface area contributed by atoms with E-state index >= 15 is 0 Å². The van der Waals surface area contributed by atoms with Crippen molar-refractivity contribution in [3.05, 3.63) is 29.3 Å². The lowest BCUT2D eigenvalue weighted by atomic mass is 10.1. The van der Waals surface area contributed by atoms with Gasteiger partial charge in [-0.2, -0.15) is 4.99 Å². The van der Waals surface area contributed by atoms with E-state index in [9.17, 15) is 0 Å². The smallest absolute Gasteiger partial charge is 0.223 e. The third-order valence-electron chi connectivity index (χ3n) is 2.98. The lowest BCUT2D eigenvalue weighted by Gasteiger charge is -2.27. The summed E-state index contributed by atoms with van der Waals surface area (Å²) in [5, 5.41) is 0.661. The maximum atomic E-state index is 5.92. The van der Waals surface area contributed by atoms with Crippen molar-refractivity contribution >= 4 is 54.0 Å². The monoisotopic (exact) mass is 351 g/mol. The predicted molar refractivity (Wildman–Crippen MR) is 94.3 cm³/mol. The SMILES string of the molecule is Cl.Cl.NC(=Nc1ccc(Cl)cc1)/N=C(/N)N1CCCCC1. The third-order valence-corrected chi connectivity index (χ3v) is 3.23. The van der Waals surface area contributed by atoms with Crippen LogP contribution in [0.2, 0.25) is 5.02 Å². The van der Waals surface area contributed by atoms with E-state index in [4.69, 9.17) is 23.1 Å². The van der Waals surface area contributed by atoms with E-state index in [2.05, 4.69) is 9.98 Å². The number of hydrogen-bond acceptors (Lipinski definition) is 1. The molecule has 0 spiro atoms. The fraction of sp³-hybridized carbons (Fsp3) is 0.385. The molecule has 0 bridgehead atoms. The minimum Gasteiger partial charge on any atom is -0.369 e. The predicted octanol–water partition coefficient (Wildman–Crippen LogP) is 2.93. The zero-order valence-corrected chi connectivity index (χ0v) is 13.9. The van der Waals surface area contributed by atoms with Gasteiger partial charge in [-0.15, -0.1) is 24.8 Å². The first-order valence-electron chi connectivity index (χ1n) is 6.34. The van der Waals surface area contributed by atoms with Crippen molar-refractivity contribution in [2.45, 2.75) is 19.3 Å². The molecule has 118 valence electrons. The van der Waals surface area contributed by atoms with Crippen molar-refractivity contribution in [3.63, 3.8) is 0 Å². The van der Waals surface area contributed by atoms with Crippen molar-refractivity contribution in [2.75, 3.05) is 13.1 Å². The van der Waals surface area contributed by atoms with E-state index in [1.807, 2.05) is 4.90 Å². The molecule has 5 nitrogen and oxygen atoms in total. The second-order valence-corrected chi connectivity index (χ2v) is 4.90. The van der Waals surface area contributed by atoms with E-state index in [-0.39, 0.29) is 30.8 Å². The van der Waals surface area contributed by atoms with Crippen molar-refractivity contribution in [3.8, 4) is 0 Å². The molecule has 0 aromatic heterocycles. The Labute approximate surface area is 142 Å².